The van der Waals surface area contributed by atoms with Crippen molar-refractivity contribution in [1.82, 2.24) is 9.97 Å². The summed E-state index contributed by atoms with van der Waals surface area (Å²) in [5.41, 5.74) is 3.85. The van der Waals surface area contributed by atoms with Crippen molar-refractivity contribution < 1.29 is 8.81 Å². The Bertz CT molecular complexity index is 812. The predicted molar refractivity (Wildman–Crippen MR) is 90.3 cm³/mol. The maximum atomic E-state index is 13.7. The van der Waals surface area contributed by atoms with Crippen molar-refractivity contribution in [3.63, 3.8) is 0 Å². The first-order chi connectivity index (χ1) is 11.7. The highest BCUT2D eigenvalue weighted by atomic mass is 19.1. The number of rotatable bonds is 2. The number of hydrogen-bond donors (Lipinski definition) is 0. The van der Waals surface area contributed by atoms with Gasteiger partial charge in [0.25, 0.3) is 0 Å². The van der Waals surface area contributed by atoms with Crippen LogP contribution in [0.1, 0.15) is 41.3 Å². The van der Waals surface area contributed by atoms with Gasteiger partial charge in [0.15, 0.2) is 0 Å². The van der Waals surface area contributed by atoms with Gasteiger partial charge >= 0.3 is 0 Å². The molecule has 0 radical (unpaired) electrons. The molecule has 1 aromatic carbocycles. The van der Waals surface area contributed by atoms with E-state index in [0.29, 0.717) is 11.8 Å². The fourth-order valence-electron chi connectivity index (χ4n) is 3.47. The van der Waals surface area contributed by atoms with Crippen LogP contribution in [0.15, 0.2) is 47.0 Å². The number of hydrogen-bond acceptors (Lipinski definition) is 3. The van der Waals surface area contributed by atoms with Crippen molar-refractivity contribution in [3.05, 3.63) is 71.0 Å². The molecule has 0 bridgehead atoms. The molecule has 1 atom stereocenters. The molecule has 4 heteroatoms. The van der Waals surface area contributed by atoms with Crippen LogP contribution in [0.3, 0.4) is 0 Å². The molecule has 0 amide bonds. The fourth-order valence-corrected chi connectivity index (χ4v) is 3.47. The number of benzene rings is 1. The summed E-state index contributed by atoms with van der Waals surface area (Å²) in [4.78, 5) is 8.94. The van der Waals surface area contributed by atoms with Gasteiger partial charge in [-0.2, -0.15) is 0 Å². The van der Waals surface area contributed by atoms with Crippen molar-refractivity contribution in [3.8, 4) is 11.6 Å². The van der Waals surface area contributed by atoms with Crippen LogP contribution in [-0.2, 0) is 12.8 Å². The Morgan fingerprint density at radius 2 is 2.00 bits per heavy atom. The minimum atomic E-state index is -0.151. The van der Waals surface area contributed by atoms with Crippen molar-refractivity contribution in [2.24, 2.45) is 0 Å². The van der Waals surface area contributed by atoms with Crippen LogP contribution in [0.2, 0.25) is 0 Å². The molecule has 3 nitrogen and oxygen atoms in total. The summed E-state index contributed by atoms with van der Waals surface area (Å²) in [6.45, 7) is 1.94. The number of nitrogens with zero attached hydrogens (tertiary/aromatic N) is 2. The summed E-state index contributed by atoms with van der Waals surface area (Å²) in [6, 6.07) is 11.0. The van der Waals surface area contributed by atoms with E-state index >= 15 is 0 Å². The maximum Gasteiger partial charge on any atom is 0.245 e. The Hall–Kier alpha value is -2.49. The predicted octanol–water partition coefficient (Wildman–Crippen LogP) is 4.85. The average molecular weight is 322 g/mol. The third-order valence-electron chi connectivity index (χ3n) is 4.65. The Kier molecular flexibility index (Phi) is 3.89. The van der Waals surface area contributed by atoms with Gasteiger partial charge in [0, 0.05) is 12.6 Å². The summed E-state index contributed by atoms with van der Waals surface area (Å²) in [5.74, 6) is 1.75. The SMILES string of the molecule is Cc1cc(F)cc(C2CCc3nc(-c4ccccn4)oc3CC2)c1. The Balaban J connectivity index is 1.56. The van der Waals surface area contributed by atoms with Crippen LogP contribution in [0.5, 0.6) is 0 Å². The van der Waals surface area contributed by atoms with Crippen LogP contribution in [0.4, 0.5) is 4.39 Å². The van der Waals surface area contributed by atoms with Gasteiger partial charge in [0.1, 0.15) is 17.3 Å². The molecule has 1 aliphatic carbocycles. The lowest BCUT2D eigenvalue weighted by Gasteiger charge is -2.15. The van der Waals surface area contributed by atoms with Gasteiger partial charge in [-0.1, -0.05) is 12.1 Å². The zero-order valence-corrected chi connectivity index (χ0v) is 13.6. The smallest absolute Gasteiger partial charge is 0.245 e. The Labute approximate surface area is 140 Å². The standard InChI is InChI=1S/C20H19FN2O/c1-13-10-15(12-16(21)11-13)14-5-7-17-19(8-6-14)24-20(23-17)18-4-2-3-9-22-18/h2-4,9-12,14H,5-8H2,1H3. The first-order valence-electron chi connectivity index (χ1n) is 8.36. The summed E-state index contributed by atoms with van der Waals surface area (Å²) in [5, 5.41) is 0. The highest BCUT2D eigenvalue weighted by Gasteiger charge is 2.23. The number of fused-ring (bicyclic) bond motifs is 1. The van der Waals surface area contributed by atoms with E-state index < -0.39 is 0 Å². The van der Waals surface area contributed by atoms with Crippen molar-refractivity contribution >= 4 is 0 Å². The number of aromatic nitrogens is 2. The van der Waals surface area contributed by atoms with Crippen LogP contribution in [0, 0.1) is 12.7 Å². The normalized spacial score (nSPS) is 17.3. The molecule has 0 aliphatic heterocycles. The van der Waals surface area contributed by atoms with Crippen LogP contribution in [0.25, 0.3) is 11.6 Å². The largest absolute Gasteiger partial charge is 0.440 e. The second-order valence-electron chi connectivity index (χ2n) is 6.44. The Morgan fingerprint density at radius 1 is 1.12 bits per heavy atom. The molecule has 4 rings (SSSR count). The molecule has 0 N–H and O–H groups in total. The lowest BCUT2D eigenvalue weighted by atomic mass is 9.90. The molecule has 1 unspecified atom stereocenters. The van der Waals surface area contributed by atoms with Crippen molar-refractivity contribution in [2.75, 3.05) is 0 Å². The highest BCUT2D eigenvalue weighted by Crippen LogP contribution is 2.34. The average Bonchev–Trinajstić information content (AvgIpc) is 2.88. The monoisotopic (exact) mass is 322 g/mol. The molecule has 122 valence electrons. The van der Waals surface area contributed by atoms with E-state index in [1.54, 1.807) is 18.3 Å². The molecule has 0 saturated carbocycles. The van der Waals surface area contributed by atoms with E-state index in [9.17, 15) is 4.39 Å². The van der Waals surface area contributed by atoms with Gasteiger partial charge in [0.05, 0.1) is 5.69 Å². The molecular weight excluding hydrogens is 303 g/mol. The Morgan fingerprint density at radius 3 is 2.79 bits per heavy atom. The number of halogens is 1. The third-order valence-corrected chi connectivity index (χ3v) is 4.65. The zero-order valence-electron chi connectivity index (χ0n) is 13.6. The van der Waals surface area contributed by atoms with Crippen molar-refractivity contribution in [2.45, 2.75) is 38.5 Å². The molecular formula is C20H19FN2O. The van der Waals surface area contributed by atoms with Gasteiger partial charge in [-0.25, -0.2) is 9.37 Å². The zero-order chi connectivity index (χ0) is 16.5. The van der Waals surface area contributed by atoms with Gasteiger partial charge < -0.3 is 4.42 Å². The summed E-state index contributed by atoms with van der Waals surface area (Å²) < 4.78 is 19.6. The fraction of sp³-hybridized carbons (Fsp3) is 0.300. The van der Waals surface area contributed by atoms with E-state index in [2.05, 4.69) is 16.0 Å². The van der Waals surface area contributed by atoms with Gasteiger partial charge in [0.2, 0.25) is 5.89 Å². The van der Waals surface area contributed by atoms with Gasteiger partial charge in [-0.05, 0) is 67.5 Å². The summed E-state index contributed by atoms with van der Waals surface area (Å²) in [6.07, 6.45) is 5.34. The molecule has 3 aromatic rings. The summed E-state index contributed by atoms with van der Waals surface area (Å²) in [7, 11) is 0. The number of aryl methyl sites for hydroxylation is 3. The van der Waals surface area contributed by atoms with Crippen LogP contribution >= 0.6 is 0 Å². The van der Waals surface area contributed by atoms with E-state index in [1.165, 1.54) is 0 Å². The molecule has 1 aliphatic rings. The minimum Gasteiger partial charge on any atom is -0.440 e. The lowest BCUT2D eigenvalue weighted by Crippen LogP contribution is -2.01. The van der Waals surface area contributed by atoms with Crippen molar-refractivity contribution in [1.29, 1.82) is 0 Å². The quantitative estimate of drug-likeness (QED) is 0.633. The van der Waals surface area contributed by atoms with E-state index in [0.717, 1.165) is 54.0 Å². The first-order valence-corrected chi connectivity index (χ1v) is 8.36. The van der Waals surface area contributed by atoms with E-state index in [-0.39, 0.29) is 5.82 Å². The van der Waals surface area contributed by atoms with E-state index in [4.69, 9.17) is 4.42 Å². The maximum absolute atomic E-state index is 13.7. The molecule has 0 fully saturated rings. The molecule has 2 aromatic heterocycles. The second kappa shape index (κ2) is 6.19. The van der Waals surface area contributed by atoms with E-state index in [1.807, 2.05) is 25.1 Å². The molecule has 24 heavy (non-hydrogen) atoms. The second-order valence-corrected chi connectivity index (χ2v) is 6.44. The summed E-state index contributed by atoms with van der Waals surface area (Å²) >= 11 is 0. The third kappa shape index (κ3) is 2.96. The highest BCUT2D eigenvalue weighted by molar-refractivity contribution is 5.47. The molecule has 0 spiro atoms. The minimum absolute atomic E-state index is 0.151. The number of oxazole rings is 1. The lowest BCUT2D eigenvalue weighted by molar-refractivity contribution is 0.495. The molecule has 2 heterocycles. The van der Waals surface area contributed by atoms with Gasteiger partial charge in [-0.15, -0.1) is 0 Å². The van der Waals surface area contributed by atoms with Crippen LogP contribution < -0.4 is 0 Å². The number of pyridine rings is 1. The topological polar surface area (TPSA) is 38.9 Å². The first kappa shape index (κ1) is 15.1. The molecule has 0 saturated heterocycles. The van der Waals surface area contributed by atoms with Gasteiger partial charge in [-0.3, -0.25) is 4.98 Å². The van der Waals surface area contributed by atoms with Crippen LogP contribution in [-0.4, -0.2) is 9.97 Å².